The van der Waals surface area contributed by atoms with Gasteiger partial charge >= 0.3 is 12.0 Å². The molecule has 24 heavy (non-hydrogen) atoms. The molecule has 0 aromatic rings. The zero-order chi connectivity index (χ0) is 18.1. The summed E-state index contributed by atoms with van der Waals surface area (Å²) in [5.41, 5.74) is 0. The van der Waals surface area contributed by atoms with Crippen molar-refractivity contribution in [3.05, 3.63) is 0 Å². The van der Waals surface area contributed by atoms with Gasteiger partial charge in [0.2, 0.25) is 0 Å². The minimum Gasteiger partial charge on any atom is -0.481 e. The lowest BCUT2D eigenvalue weighted by atomic mass is 10.0. The van der Waals surface area contributed by atoms with Crippen molar-refractivity contribution < 1.29 is 9.90 Å². The van der Waals surface area contributed by atoms with Gasteiger partial charge in [0.15, 0.2) is 0 Å². The summed E-state index contributed by atoms with van der Waals surface area (Å²) in [4.78, 5) is 10.4. The van der Waals surface area contributed by atoms with E-state index in [1.165, 1.54) is 77.0 Å². The first-order valence-corrected chi connectivity index (χ1v) is 14.9. The fourth-order valence-electron chi connectivity index (χ4n) is 2.90. The second kappa shape index (κ2) is 17.0. The van der Waals surface area contributed by atoms with Gasteiger partial charge in [-0.3, -0.25) is 4.79 Å². The summed E-state index contributed by atoms with van der Waals surface area (Å²) < 4.78 is 0. The van der Waals surface area contributed by atoms with E-state index >= 15 is 0 Å². The average molecular weight is 418 g/mol. The molecule has 0 aromatic heterocycles. The molecule has 144 valence electrons. The lowest BCUT2D eigenvalue weighted by molar-refractivity contribution is -0.137. The summed E-state index contributed by atoms with van der Waals surface area (Å²) in [7, 11) is 0. The van der Waals surface area contributed by atoms with E-state index in [4.69, 9.17) is 38.3 Å². The van der Waals surface area contributed by atoms with Crippen molar-refractivity contribution in [2.75, 3.05) is 0 Å². The molecule has 0 aliphatic heterocycles. The van der Waals surface area contributed by atoms with Gasteiger partial charge in [0, 0.05) is 6.42 Å². The Morgan fingerprint density at radius 2 is 0.875 bits per heavy atom. The van der Waals surface area contributed by atoms with Gasteiger partial charge in [-0.15, -0.1) is 33.2 Å². The molecule has 0 rings (SSSR count). The van der Waals surface area contributed by atoms with Crippen LogP contribution in [0, 0.1) is 0 Å². The standard InChI is InChI=1S/C18H35Cl3O2Si/c19-24(20,21)17-15-13-11-9-7-5-3-1-2-4-6-8-10-12-14-16-18(22)23/h1-17H2,(H,22,23). The van der Waals surface area contributed by atoms with Gasteiger partial charge in [0.05, 0.1) is 0 Å². The first kappa shape index (κ1) is 24.6. The fraction of sp³-hybridized carbons (Fsp3) is 0.944. The maximum absolute atomic E-state index is 10.4. The van der Waals surface area contributed by atoms with Crippen LogP contribution in [0.1, 0.15) is 103 Å². The highest BCUT2D eigenvalue weighted by molar-refractivity contribution is 7.64. The van der Waals surface area contributed by atoms with Gasteiger partial charge in [-0.1, -0.05) is 89.9 Å². The largest absolute Gasteiger partial charge is 0.481 e. The van der Waals surface area contributed by atoms with Crippen LogP contribution in [0.25, 0.3) is 0 Å². The maximum Gasteiger partial charge on any atom is 0.341 e. The second-order valence-corrected chi connectivity index (χ2v) is 16.1. The van der Waals surface area contributed by atoms with Crippen LogP contribution in [0.4, 0.5) is 0 Å². The van der Waals surface area contributed by atoms with Gasteiger partial charge in [0.1, 0.15) is 0 Å². The summed E-state index contributed by atoms with van der Waals surface area (Å²) in [6, 6.07) is -1.57. The Morgan fingerprint density at radius 1 is 0.583 bits per heavy atom. The highest BCUT2D eigenvalue weighted by Crippen LogP contribution is 2.27. The number of carboxylic acids is 1. The third-order valence-electron chi connectivity index (χ3n) is 4.35. The van der Waals surface area contributed by atoms with E-state index in [1.807, 2.05) is 0 Å². The Morgan fingerprint density at radius 3 is 1.17 bits per heavy atom. The smallest absolute Gasteiger partial charge is 0.341 e. The number of rotatable bonds is 18. The highest BCUT2D eigenvalue weighted by atomic mass is 35.8. The van der Waals surface area contributed by atoms with Crippen molar-refractivity contribution in [2.24, 2.45) is 0 Å². The van der Waals surface area contributed by atoms with Crippen LogP contribution in [0.2, 0.25) is 6.04 Å². The summed E-state index contributed by atoms with van der Waals surface area (Å²) in [6.45, 7) is 0. The number of carbonyl (C=O) groups is 1. The van der Waals surface area contributed by atoms with Gasteiger partial charge < -0.3 is 5.11 Å². The SMILES string of the molecule is O=C(O)CCCCCCCCCCCCCCCCC[Si](Cl)(Cl)Cl. The second-order valence-electron chi connectivity index (χ2n) is 6.81. The Balaban J connectivity index is 3.04. The molecule has 0 saturated carbocycles. The van der Waals surface area contributed by atoms with Crippen molar-refractivity contribution in [1.82, 2.24) is 0 Å². The van der Waals surface area contributed by atoms with Crippen LogP contribution in [-0.4, -0.2) is 17.1 Å². The van der Waals surface area contributed by atoms with E-state index in [9.17, 15) is 4.79 Å². The molecule has 0 atom stereocenters. The third kappa shape index (κ3) is 22.6. The fourth-order valence-corrected chi connectivity index (χ4v) is 4.75. The van der Waals surface area contributed by atoms with Crippen molar-refractivity contribution in [2.45, 2.75) is 109 Å². The molecule has 0 aromatic carbocycles. The average Bonchev–Trinajstić information content (AvgIpc) is 2.49. The minimum atomic E-state index is -2.38. The van der Waals surface area contributed by atoms with E-state index in [0.29, 0.717) is 6.42 Å². The van der Waals surface area contributed by atoms with Gasteiger partial charge in [-0.05, 0) is 12.5 Å². The van der Waals surface area contributed by atoms with Crippen molar-refractivity contribution >= 4 is 45.2 Å². The Hall–Kier alpha value is 0.557. The van der Waals surface area contributed by atoms with Crippen LogP contribution >= 0.6 is 33.2 Å². The molecule has 0 unspecified atom stereocenters. The topological polar surface area (TPSA) is 37.3 Å². The molecule has 0 amide bonds. The molecule has 0 heterocycles. The van der Waals surface area contributed by atoms with Gasteiger partial charge in [-0.2, -0.15) is 0 Å². The Labute approximate surface area is 163 Å². The predicted octanol–water partition coefficient (Wildman–Crippen LogP) is 7.97. The molecule has 0 aliphatic rings. The molecule has 0 radical (unpaired) electrons. The molecule has 2 nitrogen and oxygen atoms in total. The monoisotopic (exact) mass is 416 g/mol. The molecule has 0 saturated heterocycles. The number of hydrogen-bond acceptors (Lipinski definition) is 1. The lowest BCUT2D eigenvalue weighted by Crippen LogP contribution is -2.07. The normalized spacial score (nSPS) is 11.8. The van der Waals surface area contributed by atoms with Crippen LogP contribution in [0.3, 0.4) is 0 Å². The van der Waals surface area contributed by atoms with Crippen LogP contribution in [0.5, 0.6) is 0 Å². The van der Waals surface area contributed by atoms with Crippen molar-refractivity contribution in [3.63, 3.8) is 0 Å². The minimum absolute atomic E-state index is 0.328. The third-order valence-corrected chi connectivity index (χ3v) is 6.97. The Bertz CT molecular complexity index is 296. The Kier molecular flexibility index (Phi) is 17.4. The van der Waals surface area contributed by atoms with E-state index in [1.54, 1.807) is 0 Å². The predicted molar refractivity (Wildman–Crippen MR) is 110 cm³/mol. The maximum atomic E-state index is 10.4. The first-order valence-electron chi connectivity index (χ1n) is 9.70. The van der Waals surface area contributed by atoms with Gasteiger partial charge in [0.25, 0.3) is 0 Å². The zero-order valence-electron chi connectivity index (χ0n) is 15.0. The molecule has 0 spiro atoms. The lowest BCUT2D eigenvalue weighted by Gasteiger charge is -2.07. The first-order chi connectivity index (χ1) is 11.4. The molecule has 0 fully saturated rings. The molecule has 6 heteroatoms. The quantitative estimate of drug-likeness (QED) is 0.139. The van der Waals surface area contributed by atoms with E-state index < -0.39 is 12.0 Å². The molecular formula is C18H35Cl3O2Si. The van der Waals surface area contributed by atoms with Crippen molar-refractivity contribution in [1.29, 1.82) is 0 Å². The number of carboxylic acid groups (broad SMARTS) is 1. The van der Waals surface area contributed by atoms with Crippen LogP contribution in [-0.2, 0) is 4.79 Å². The number of hydrogen-bond donors (Lipinski definition) is 1. The molecule has 0 aliphatic carbocycles. The van der Waals surface area contributed by atoms with Gasteiger partial charge in [-0.25, -0.2) is 0 Å². The summed E-state index contributed by atoms with van der Waals surface area (Å²) in [5, 5.41) is 8.54. The summed E-state index contributed by atoms with van der Waals surface area (Å²) >= 11 is 17.6. The van der Waals surface area contributed by atoms with Crippen LogP contribution < -0.4 is 0 Å². The van der Waals surface area contributed by atoms with E-state index in [0.717, 1.165) is 25.3 Å². The molecule has 1 N–H and O–H groups in total. The molecular weight excluding hydrogens is 383 g/mol. The molecule has 0 bridgehead atoms. The van der Waals surface area contributed by atoms with Crippen molar-refractivity contribution in [3.8, 4) is 0 Å². The van der Waals surface area contributed by atoms with Crippen LogP contribution in [0.15, 0.2) is 0 Å². The summed E-state index contributed by atoms with van der Waals surface area (Å²) in [6.07, 6.45) is 18.9. The summed E-state index contributed by atoms with van der Waals surface area (Å²) in [5.74, 6) is -0.667. The van der Waals surface area contributed by atoms with E-state index in [2.05, 4.69) is 0 Å². The van der Waals surface area contributed by atoms with E-state index in [-0.39, 0.29) is 0 Å². The number of unbranched alkanes of at least 4 members (excludes halogenated alkanes) is 14. The zero-order valence-corrected chi connectivity index (χ0v) is 18.3. The number of aliphatic carboxylic acids is 1. The number of halogens is 3. The highest BCUT2D eigenvalue weighted by Gasteiger charge is 2.23.